The number of nitrogens with two attached hydrogens (primary N) is 1. The summed E-state index contributed by atoms with van der Waals surface area (Å²) < 4.78 is 39.3. The maximum Gasteiger partial charge on any atom is 0.245 e. The fourth-order valence-electron chi connectivity index (χ4n) is 1.09. The Morgan fingerprint density at radius 2 is 2.00 bits per heavy atom. The van der Waals surface area contributed by atoms with Crippen molar-refractivity contribution >= 4 is 34.0 Å². The summed E-state index contributed by atoms with van der Waals surface area (Å²) in [5, 5.41) is -0.160. The van der Waals surface area contributed by atoms with Crippen molar-refractivity contribution in [3.05, 3.63) is 29.0 Å². The summed E-state index contributed by atoms with van der Waals surface area (Å²) in [6, 6.07) is 3.68. The van der Waals surface area contributed by atoms with Gasteiger partial charge >= 0.3 is 0 Å². The van der Waals surface area contributed by atoms with Crippen molar-refractivity contribution in [3.63, 3.8) is 0 Å². The third-order valence-electron chi connectivity index (χ3n) is 1.91. The van der Waals surface area contributed by atoms with Crippen molar-refractivity contribution in [2.75, 3.05) is 6.54 Å². The average Bonchev–Trinajstić information content (AvgIpc) is 2.13. The van der Waals surface area contributed by atoms with Crippen molar-refractivity contribution in [2.45, 2.75) is 24.3 Å². The molecule has 0 aliphatic rings. The fourth-order valence-corrected chi connectivity index (χ4v) is 2.92. The van der Waals surface area contributed by atoms with Crippen LogP contribution < -0.4 is 10.5 Å². The first kappa shape index (κ1) is 17.6. The molecule has 1 rings (SSSR count). The van der Waals surface area contributed by atoms with E-state index < -0.39 is 26.3 Å². The Labute approximate surface area is 117 Å². The lowest BCUT2D eigenvalue weighted by molar-refractivity contribution is 0.494. The van der Waals surface area contributed by atoms with Gasteiger partial charge in [-0.1, -0.05) is 17.7 Å². The fraction of sp³-hybridized carbons (Fsp3) is 0.400. The summed E-state index contributed by atoms with van der Waals surface area (Å²) in [6.45, 7) is 3.29. The zero-order chi connectivity index (χ0) is 13.3. The Bertz CT molecular complexity index is 495. The molecular weight excluding hydrogens is 302 g/mol. The number of hydrogen-bond donors (Lipinski definition) is 2. The summed E-state index contributed by atoms with van der Waals surface area (Å²) in [6.07, 6.45) is 0. The average molecular weight is 317 g/mol. The summed E-state index contributed by atoms with van der Waals surface area (Å²) in [4.78, 5) is -0.550. The van der Waals surface area contributed by atoms with Gasteiger partial charge in [-0.2, -0.15) is 0 Å². The van der Waals surface area contributed by atoms with Gasteiger partial charge in [0.05, 0.1) is 5.02 Å². The van der Waals surface area contributed by atoms with Crippen LogP contribution in [0.3, 0.4) is 0 Å². The molecule has 0 saturated heterocycles. The number of hydrogen-bond acceptors (Lipinski definition) is 3. The van der Waals surface area contributed by atoms with Gasteiger partial charge in [-0.3, -0.25) is 0 Å². The lowest BCUT2D eigenvalue weighted by atomic mass is 10.1. The molecule has 0 fully saturated rings. The third-order valence-corrected chi connectivity index (χ3v) is 3.81. The van der Waals surface area contributed by atoms with E-state index >= 15 is 0 Å². The number of nitrogens with one attached hydrogen (secondary N) is 1. The largest absolute Gasteiger partial charge is 0.324 e. The van der Waals surface area contributed by atoms with E-state index in [1.807, 2.05) is 0 Å². The second-order valence-corrected chi connectivity index (χ2v) is 6.47. The van der Waals surface area contributed by atoms with Crippen LogP contribution in [0.15, 0.2) is 23.1 Å². The van der Waals surface area contributed by atoms with Crippen LogP contribution in [0.5, 0.6) is 0 Å². The molecule has 0 atom stereocenters. The van der Waals surface area contributed by atoms with Crippen LogP contribution in [-0.4, -0.2) is 20.5 Å². The van der Waals surface area contributed by atoms with Crippen molar-refractivity contribution in [3.8, 4) is 0 Å². The minimum absolute atomic E-state index is 0. The highest BCUT2D eigenvalue weighted by Crippen LogP contribution is 2.23. The molecule has 1 aromatic carbocycles. The lowest BCUT2D eigenvalue weighted by Gasteiger charge is -2.19. The normalized spacial score (nSPS) is 12.1. The molecule has 0 heterocycles. The van der Waals surface area contributed by atoms with E-state index in [4.69, 9.17) is 17.3 Å². The molecular formula is C10H15Cl2FN2O2S. The van der Waals surface area contributed by atoms with E-state index in [0.29, 0.717) is 0 Å². The molecule has 3 N–H and O–H groups in total. The minimum atomic E-state index is -3.99. The lowest BCUT2D eigenvalue weighted by Crippen LogP contribution is -2.45. The van der Waals surface area contributed by atoms with Gasteiger partial charge in [-0.25, -0.2) is 17.5 Å². The standard InChI is InChI=1S/C10H14ClFN2O2S.ClH/c1-10(2,13)6-14-17(15,16)9-7(11)4-3-5-8(9)12;/h3-5,14H,6,13H2,1-2H3;1H. The van der Waals surface area contributed by atoms with E-state index in [1.165, 1.54) is 12.1 Å². The Kier molecular flexibility index (Phi) is 6.03. The van der Waals surface area contributed by atoms with Gasteiger partial charge in [0, 0.05) is 12.1 Å². The van der Waals surface area contributed by atoms with Crippen LogP contribution in [0.4, 0.5) is 4.39 Å². The molecule has 0 spiro atoms. The van der Waals surface area contributed by atoms with E-state index in [0.717, 1.165) is 6.07 Å². The minimum Gasteiger partial charge on any atom is -0.324 e. The molecule has 104 valence electrons. The number of sulfonamides is 1. The van der Waals surface area contributed by atoms with Gasteiger partial charge in [0.25, 0.3) is 0 Å². The van der Waals surface area contributed by atoms with Gasteiger partial charge < -0.3 is 5.73 Å². The molecule has 0 aliphatic carbocycles. The highest BCUT2D eigenvalue weighted by molar-refractivity contribution is 7.89. The maximum atomic E-state index is 13.4. The molecule has 8 heteroatoms. The monoisotopic (exact) mass is 316 g/mol. The molecule has 4 nitrogen and oxygen atoms in total. The molecule has 18 heavy (non-hydrogen) atoms. The van der Waals surface area contributed by atoms with Gasteiger partial charge in [0.2, 0.25) is 10.0 Å². The van der Waals surface area contributed by atoms with Gasteiger partial charge in [0.1, 0.15) is 10.7 Å². The van der Waals surface area contributed by atoms with Crippen LogP contribution in [0.25, 0.3) is 0 Å². The highest BCUT2D eigenvalue weighted by atomic mass is 35.5. The van der Waals surface area contributed by atoms with Crippen molar-refractivity contribution < 1.29 is 12.8 Å². The predicted molar refractivity (Wildman–Crippen MR) is 72.1 cm³/mol. The van der Waals surface area contributed by atoms with Crippen molar-refractivity contribution in [1.29, 1.82) is 0 Å². The van der Waals surface area contributed by atoms with Crippen LogP contribution in [0.2, 0.25) is 5.02 Å². The predicted octanol–water partition coefficient (Wildman–Crippen LogP) is 1.92. The zero-order valence-electron chi connectivity index (χ0n) is 9.91. The Morgan fingerprint density at radius 1 is 1.44 bits per heavy atom. The van der Waals surface area contributed by atoms with Crippen LogP contribution in [-0.2, 0) is 10.0 Å². The SMILES string of the molecule is CC(C)(N)CNS(=O)(=O)c1c(F)cccc1Cl.Cl. The van der Waals surface area contributed by atoms with Crippen molar-refractivity contribution in [2.24, 2.45) is 5.73 Å². The molecule has 1 aromatic rings. The second kappa shape index (κ2) is 6.16. The number of rotatable bonds is 4. The maximum absolute atomic E-state index is 13.4. The molecule has 0 saturated carbocycles. The highest BCUT2D eigenvalue weighted by Gasteiger charge is 2.24. The van der Waals surface area contributed by atoms with Crippen LogP contribution in [0, 0.1) is 5.82 Å². The second-order valence-electron chi connectivity index (χ2n) is 4.36. The topological polar surface area (TPSA) is 72.2 Å². The van der Waals surface area contributed by atoms with E-state index in [2.05, 4.69) is 4.72 Å². The first-order valence-electron chi connectivity index (χ1n) is 4.86. The molecule has 0 aliphatic heterocycles. The van der Waals surface area contributed by atoms with Gasteiger partial charge in [-0.15, -0.1) is 12.4 Å². The van der Waals surface area contributed by atoms with Gasteiger partial charge in [-0.05, 0) is 26.0 Å². The van der Waals surface area contributed by atoms with Crippen LogP contribution >= 0.6 is 24.0 Å². The Balaban J connectivity index is 0.00000289. The first-order valence-corrected chi connectivity index (χ1v) is 6.72. The molecule has 0 radical (unpaired) electrons. The van der Waals surface area contributed by atoms with E-state index in [9.17, 15) is 12.8 Å². The van der Waals surface area contributed by atoms with Crippen molar-refractivity contribution in [1.82, 2.24) is 4.72 Å². The summed E-state index contributed by atoms with van der Waals surface area (Å²) in [7, 11) is -3.99. The summed E-state index contributed by atoms with van der Waals surface area (Å²) >= 11 is 5.67. The van der Waals surface area contributed by atoms with E-state index in [1.54, 1.807) is 13.8 Å². The molecule has 0 aromatic heterocycles. The number of halogens is 3. The Hall–Kier alpha value is -0.400. The van der Waals surface area contributed by atoms with Crippen LogP contribution in [0.1, 0.15) is 13.8 Å². The number of benzene rings is 1. The Morgan fingerprint density at radius 3 is 2.44 bits per heavy atom. The smallest absolute Gasteiger partial charge is 0.245 e. The third kappa shape index (κ3) is 4.70. The molecule has 0 amide bonds. The van der Waals surface area contributed by atoms with Gasteiger partial charge in [0.15, 0.2) is 0 Å². The molecule has 0 bridgehead atoms. The van der Waals surface area contributed by atoms with E-state index in [-0.39, 0.29) is 24.0 Å². The first-order chi connectivity index (χ1) is 7.63. The summed E-state index contributed by atoms with van der Waals surface area (Å²) in [5.74, 6) is -0.889. The quantitative estimate of drug-likeness (QED) is 0.891. The molecule has 0 unspecified atom stereocenters. The summed E-state index contributed by atoms with van der Waals surface area (Å²) in [5.41, 5.74) is 4.91. The zero-order valence-corrected chi connectivity index (χ0v) is 12.3.